The number of anilines is 1. The van der Waals surface area contributed by atoms with Gasteiger partial charge in [-0.15, -0.1) is 0 Å². The second-order valence-corrected chi connectivity index (χ2v) is 9.39. The molecule has 1 aromatic carbocycles. The van der Waals surface area contributed by atoms with Crippen molar-refractivity contribution in [2.75, 3.05) is 4.72 Å². The molecule has 0 atom stereocenters. The largest absolute Gasteiger partial charge is 0.424 e. The second-order valence-electron chi connectivity index (χ2n) is 7.94. The van der Waals surface area contributed by atoms with E-state index in [1.54, 1.807) is 45.0 Å². The molecule has 35 heavy (non-hydrogen) atoms. The smallest absolute Gasteiger partial charge is 0.340 e. The Morgan fingerprint density at radius 3 is 2.54 bits per heavy atom. The Hall–Kier alpha value is -3.90. The highest BCUT2D eigenvalue weighted by molar-refractivity contribution is 7.90. The fourth-order valence-electron chi connectivity index (χ4n) is 3.51. The Kier molecular flexibility index (Phi) is 6.76. The van der Waals surface area contributed by atoms with Crippen LogP contribution in [0.2, 0.25) is 0 Å². The van der Waals surface area contributed by atoms with Crippen LogP contribution in [0.3, 0.4) is 0 Å². The molecular formula is C23H22FN5O5S. The number of aryl methyl sites for hydroxylation is 1. The number of nitrogens with zero attached hydrogens (tertiary/aromatic N) is 3. The van der Waals surface area contributed by atoms with Gasteiger partial charge in [0.05, 0.1) is 5.39 Å². The zero-order chi connectivity index (χ0) is 25.2. The number of ether oxygens (including phenoxy) is 1. The van der Waals surface area contributed by atoms with E-state index in [4.69, 9.17) is 9.15 Å². The van der Waals surface area contributed by atoms with Crippen molar-refractivity contribution < 1.29 is 22.0 Å². The Morgan fingerprint density at radius 2 is 1.83 bits per heavy atom. The summed E-state index contributed by atoms with van der Waals surface area (Å²) < 4.78 is 55.1. The first-order valence-corrected chi connectivity index (χ1v) is 12.1. The Balaban J connectivity index is 1.73. The molecule has 182 valence electrons. The normalized spacial score (nSPS) is 11.7. The second kappa shape index (κ2) is 9.76. The van der Waals surface area contributed by atoms with E-state index in [-0.39, 0.29) is 29.1 Å². The Bertz CT molecular complexity index is 1540. The van der Waals surface area contributed by atoms with Crippen LogP contribution in [-0.2, 0) is 16.6 Å². The fraction of sp³-hybridized carbons (Fsp3) is 0.217. The number of fused-ring (bicyclic) bond motifs is 1. The average Bonchev–Trinajstić information content (AvgIpc) is 2.78. The third-order valence-electron chi connectivity index (χ3n) is 4.97. The summed E-state index contributed by atoms with van der Waals surface area (Å²) in [4.78, 5) is 24.7. The van der Waals surface area contributed by atoms with Crippen LogP contribution in [0.4, 0.5) is 10.2 Å². The van der Waals surface area contributed by atoms with E-state index in [0.29, 0.717) is 16.7 Å². The average molecular weight is 500 g/mol. The minimum atomic E-state index is -4.04. The highest BCUT2D eigenvalue weighted by Crippen LogP contribution is 2.32. The highest BCUT2D eigenvalue weighted by Gasteiger charge is 2.21. The molecule has 0 fully saturated rings. The van der Waals surface area contributed by atoms with E-state index in [9.17, 15) is 13.2 Å². The van der Waals surface area contributed by atoms with Gasteiger partial charge in [0.25, 0.3) is 0 Å². The predicted molar refractivity (Wildman–Crippen MR) is 127 cm³/mol. The Labute approximate surface area is 200 Å². The number of benzene rings is 1. The summed E-state index contributed by atoms with van der Waals surface area (Å²) in [6, 6.07) is 7.68. The molecule has 0 bridgehead atoms. The summed E-state index contributed by atoms with van der Waals surface area (Å²) in [6.07, 6.45) is 4.15. The molecule has 2 N–H and O–H groups in total. The molecule has 0 aliphatic heterocycles. The molecule has 0 saturated heterocycles. The molecule has 12 heteroatoms. The minimum absolute atomic E-state index is 0.0572. The first kappa shape index (κ1) is 24.2. The van der Waals surface area contributed by atoms with Gasteiger partial charge in [-0.05, 0) is 56.2 Å². The van der Waals surface area contributed by atoms with Crippen LogP contribution in [-0.4, -0.2) is 29.4 Å². The van der Waals surface area contributed by atoms with Crippen molar-refractivity contribution in [2.45, 2.75) is 33.2 Å². The molecule has 4 rings (SSSR count). The van der Waals surface area contributed by atoms with Gasteiger partial charge in [-0.3, -0.25) is 4.72 Å². The lowest BCUT2D eigenvalue weighted by Crippen LogP contribution is -2.35. The minimum Gasteiger partial charge on any atom is -0.424 e. The van der Waals surface area contributed by atoms with Gasteiger partial charge in [0.2, 0.25) is 0 Å². The molecule has 0 aliphatic rings. The number of rotatable bonds is 8. The van der Waals surface area contributed by atoms with Gasteiger partial charge in [-0.25, -0.2) is 24.1 Å². The highest BCUT2D eigenvalue weighted by atomic mass is 32.2. The van der Waals surface area contributed by atoms with Crippen molar-refractivity contribution in [3.8, 4) is 11.8 Å². The monoisotopic (exact) mass is 499 g/mol. The van der Waals surface area contributed by atoms with E-state index >= 15 is 4.39 Å². The molecule has 10 nitrogen and oxygen atoms in total. The standard InChI is InChI=1S/C23H22FN5O5S/c1-13(2)28-35(31,32)29-21-20(24)15(8-11-25-21)12-16-14(3)19-17(33-22(16)30)6-4-7-18(19)34-23-26-9-5-10-27-23/h4-11,13,28H,12H2,1-3H3,(H,25,29). The molecule has 3 aromatic heterocycles. The molecule has 0 radical (unpaired) electrons. The van der Waals surface area contributed by atoms with Crippen LogP contribution >= 0.6 is 0 Å². The van der Waals surface area contributed by atoms with Crippen molar-refractivity contribution in [2.24, 2.45) is 0 Å². The first-order chi connectivity index (χ1) is 16.6. The zero-order valence-corrected chi connectivity index (χ0v) is 19.9. The molecule has 4 aromatic rings. The van der Waals surface area contributed by atoms with E-state index in [0.717, 1.165) is 0 Å². The molecule has 0 spiro atoms. The molecular weight excluding hydrogens is 477 g/mol. The Morgan fingerprint density at radius 1 is 1.09 bits per heavy atom. The van der Waals surface area contributed by atoms with Gasteiger partial charge >= 0.3 is 21.8 Å². The fourth-order valence-corrected chi connectivity index (χ4v) is 4.58. The summed E-state index contributed by atoms with van der Waals surface area (Å²) in [6.45, 7) is 4.95. The van der Waals surface area contributed by atoms with E-state index < -0.39 is 33.5 Å². The molecule has 0 unspecified atom stereocenters. The number of halogens is 1. The quantitative estimate of drug-likeness (QED) is 0.352. The lowest BCUT2D eigenvalue weighted by molar-refractivity contribution is 0.444. The topological polar surface area (TPSA) is 136 Å². The van der Waals surface area contributed by atoms with Crippen LogP contribution in [0.5, 0.6) is 11.8 Å². The third-order valence-corrected chi connectivity index (χ3v) is 6.21. The van der Waals surface area contributed by atoms with Gasteiger partial charge in [-0.1, -0.05) is 6.07 Å². The number of aromatic nitrogens is 3. The first-order valence-electron chi connectivity index (χ1n) is 10.6. The summed E-state index contributed by atoms with van der Waals surface area (Å²) in [5.41, 5.74) is 0.391. The third kappa shape index (κ3) is 5.44. The van der Waals surface area contributed by atoms with E-state index in [1.807, 2.05) is 0 Å². The molecule has 3 heterocycles. The van der Waals surface area contributed by atoms with Crippen molar-refractivity contribution in [1.82, 2.24) is 19.7 Å². The molecule has 0 amide bonds. The number of hydrogen-bond donors (Lipinski definition) is 2. The summed E-state index contributed by atoms with van der Waals surface area (Å²) >= 11 is 0. The molecule has 0 aliphatic carbocycles. The number of nitrogens with one attached hydrogen (secondary N) is 2. The zero-order valence-electron chi connectivity index (χ0n) is 19.1. The molecule has 0 saturated carbocycles. The van der Waals surface area contributed by atoms with Gasteiger partial charge < -0.3 is 9.15 Å². The summed E-state index contributed by atoms with van der Waals surface area (Å²) in [7, 11) is -4.04. The number of pyridine rings is 1. The SMILES string of the molecule is Cc1c(Cc2ccnc(NS(=O)(=O)NC(C)C)c2F)c(=O)oc2cccc(Oc3ncccn3)c12. The maximum Gasteiger partial charge on any atom is 0.340 e. The maximum atomic E-state index is 15.2. The summed E-state index contributed by atoms with van der Waals surface area (Å²) in [5, 5.41) is 0.506. The van der Waals surface area contributed by atoms with Crippen LogP contribution in [0, 0.1) is 12.7 Å². The van der Waals surface area contributed by atoms with Gasteiger partial charge in [0, 0.05) is 36.6 Å². The lowest BCUT2D eigenvalue weighted by atomic mass is 9.99. The van der Waals surface area contributed by atoms with Gasteiger partial charge in [0.15, 0.2) is 11.6 Å². The predicted octanol–water partition coefficient (Wildman–Crippen LogP) is 3.46. The lowest BCUT2D eigenvalue weighted by Gasteiger charge is -2.14. The van der Waals surface area contributed by atoms with Crippen molar-refractivity contribution in [3.63, 3.8) is 0 Å². The van der Waals surface area contributed by atoms with Crippen LogP contribution < -0.4 is 19.8 Å². The van der Waals surface area contributed by atoms with E-state index in [1.165, 1.54) is 24.7 Å². The van der Waals surface area contributed by atoms with Crippen LogP contribution in [0.25, 0.3) is 11.0 Å². The van der Waals surface area contributed by atoms with E-state index in [2.05, 4.69) is 24.4 Å². The van der Waals surface area contributed by atoms with Gasteiger partial charge in [-0.2, -0.15) is 13.1 Å². The van der Waals surface area contributed by atoms with Crippen molar-refractivity contribution >= 4 is 27.0 Å². The van der Waals surface area contributed by atoms with Crippen molar-refractivity contribution in [3.05, 3.63) is 81.9 Å². The maximum absolute atomic E-state index is 15.2. The summed E-state index contributed by atoms with van der Waals surface area (Å²) in [5.74, 6) is -1.02. The van der Waals surface area contributed by atoms with Crippen LogP contribution in [0.1, 0.15) is 30.5 Å². The van der Waals surface area contributed by atoms with Crippen molar-refractivity contribution in [1.29, 1.82) is 0 Å². The number of hydrogen-bond acceptors (Lipinski definition) is 8. The van der Waals surface area contributed by atoms with Gasteiger partial charge in [0.1, 0.15) is 11.3 Å². The van der Waals surface area contributed by atoms with Crippen LogP contribution in [0.15, 0.2) is 58.1 Å².